The molecule has 98 valence electrons. The van der Waals surface area contributed by atoms with Crippen molar-refractivity contribution in [1.29, 1.82) is 0 Å². The van der Waals surface area contributed by atoms with E-state index in [0.717, 1.165) is 19.4 Å². The lowest BCUT2D eigenvalue weighted by Crippen LogP contribution is -2.46. The molecule has 2 unspecified atom stereocenters. The maximum Gasteiger partial charge on any atom is 0.358 e. The second kappa shape index (κ2) is 5.30. The Balaban J connectivity index is 2.20. The van der Waals surface area contributed by atoms with E-state index in [1.165, 1.54) is 13.3 Å². The lowest BCUT2D eigenvalue weighted by Gasteiger charge is -2.37. The highest BCUT2D eigenvalue weighted by molar-refractivity contribution is 5.87. The lowest BCUT2D eigenvalue weighted by molar-refractivity contribution is 0.0593. The van der Waals surface area contributed by atoms with Gasteiger partial charge in [0.1, 0.15) is 5.82 Å². The van der Waals surface area contributed by atoms with Crippen LogP contribution in [0.3, 0.4) is 0 Å². The van der Waals surface area contributed by atoms with E-state index in [2.05, 4.69) is 26.5 Å². The summed E-state index contributed by atoms with van der Waals surface area (Å²) in [4.78, 5) is 21.9. The largest absolute Gasteiger partial charge is 0.464 e. The number of methoxy groups -OCH3 is 1. The number of ether oxygens (including phenoxy) is 1. The third kappa shape index (κ3) is 2.59. The SMILES string of the molecule is COC(=O)c1cncc(N2CCC(N)CC2C)n1. The summed E-state index contributed by atoms with van der Waals surface area (Å²) in [5, 5.41) is 0. The average molecular weight is 250 g/mol. The predicted molar refractivity (Wildman–Crippen MR) is 67.4 cm³/mol. The highest BCUT2D eigenvalue weighted by Gasteiger charge is 2.25. The molecule has 6 nitrogen and oxygen atoms in total. The minimum Gasteiger partial charge on any atom is -0.464 e. The first-order chi connectivity index (χ1) is 8.61. The van der Waals surface area contributed by atoms with Crippen LogP contribution >= 0.6 is 0 Å². The van der Waals surface area contributed by atoms with Gasteiger partial charge >= 0.3 is 5.97 Å². The number of carbonyl (C=O) groups is 1. The quantitative estimate of drug-likeness (QED) is 0.773. The van der Waals surface area contributed by atoms with Gasteiger partial charge in [0, 0.05) is 18.6 Å². The number of esters is 1. The van der Waals surface area contributed by atoms with Crippen LogP contribution in [0.25, 0.3) is 0 Å². The number of carbonyl (C=O) groups excluding carboxylic acids is 1. The molecule has 2 heterocycles. The Morgan fingerprint density at radius 2 is 2.33 bits per heavy atom. The molecule has 18 heavy (non-hydrogen) atoms. The van der Waals surface area contributed by atoms with Crippen LogP contribution in [0.4, 0.5) is 5.82 Å². The number of piperidine rings is 1. The number of rotatable bonds is 2. The van der Waals surface area contributed by atoms with Gasteiger partial charge < -0.3 is 15.4 Å². The Labute approximate surface area is 106 Å². The molecule has 0 aromatic carbocycles. The van der Waals surface area contributed by atoms with Gasteiger partial charge in [-0.3, -0.25) is 4.98 Å². The van der Waals surface area contributed by atoms with Crippen LogP contribution in [0.2, 0.25) is 0 Å². The van der Waals surface area contributed by atoms with E-state index in [-0.39, 0.29) is 11.7 Å². The molecule has 6 heteroatoms. The van der Waals surface area contributed by atoms with E-state index in [1.54, 1.807) is 6.20 Å². The molecular weight excluding hydrogens is 232 g/mol. The molecule has 0 aliphatic carbocycles. The first-order valence-electron chi connectivity index (χ1n) is 6.04. The number of aromatic nitrogens is 2. The van der Waals surface area contributed by atoms with Crippen LogP contribution in [-0.4, -0.2) is 41.7 Å². The summed E-state index contributed by atoms with van der Waals surface area (Å²) in [6, 6.07) is 0.545. The number of nitrogens with zero attached hydrogens (tertiary/aromatic N) is 3. The zero-order valence-electron chi connectivity index (χ0n) is 10.7. The summed E-state index contributed by atoms with van der Waals surface area (Å²) in [6.07, 6.45) is 4.92. The highest BCUT2D eigenvalue weighted by Crippen LogP contribution is 2.21. The molecular formula is C12H18N4O2. The summed E-state index contributed by atoms with van der Waals surface area (Å²) in [5.41, 5.74) is 6.16. The molecule has 0 amide bonds. The van der Waals surface area contributed by atoms with Crippen LogP contribution in [0.15, 0.2) is 12.4 Å². The molecule has 0 saturated carbocycles. The van der Waals surface area contributed by atoms with E-state index in [4.69, 9.17) is 5.73 Å². The monoisotopic (exact) mass is 250 g/mol. The van der Waals surface area contributed by atoms with Crippen molar-refractivity contribution in [2.75, 3.05) is 18.6 Å². The molecule has 2 atom stereocenters. The van der Waals surface area contributed by atoms with Crippen molar-refractivity contribution < 1.29 is 9.53 Å². The van der Waals surface area contributed by atoms with Crippen LogP contribution < -0.4 is 10.6 Å². The standard InChI is InChI=1S/C12H18N4O2/c1-8-5-9(13)3-4-16(8)11-7-14-6-10(15-11)12(17)18-2/h6-9H,3-5,13H2,1-2H3. The lowest BCUT2D eigenvalue weighted by atomic mass is 9.99. The molecule has 1 aliphatic rings. The van der Waals surface area contributed by atoms with Gasteiger partial charge in [-0.2, -0.15) is 0 Å². The fraction of sp³-hybridized carbons (Fsp3) is 0.583. The molecule has 2 rings (SSSR count). The molecule has 1 aliphatic heterocycles. The Morgan fingerprint density at radius 1 is 1.56 bits per heavy atom. The van der Waals surface area contributed by atoms with Gasteiger partial charge in [-0.1, -0.05) is 0 Å². The van der Waals surface area contributed by atoms with Gasteiger partial charge in [0.2, 0.25) is 0 Å². The topological polar surface area (TPSA) is 81.3 Å². The predicted octanol–water partition coefficient (Wildman–Crippen LogP) is 0.579. The van der Waals surface area contributed by atoms with Gasteiger partial charge in [0.25, 0.3) is 0 Å². The summed E-state index contributed by atoms with van der Waals surface area (Å²) in [6.45, 7) is 2.94. The fourth-order valence-electron chi connectivity index (χ4n) is 2.25. The highest BCUT2D eigenvalue weighted by atomic mass is 16.5. The van der Waals surface area contributed by atoms with Gasteiger partial charge in [-0.25, -0.2) is 9.78 Å². The Bertz CT molecular complexity index is 438. The van der Waals surface area contributed by atoms with Gasteiger partial charge in [-0.05, 0) is 19.8 Å². The molecule has 1 saturated heterocycles. The third-order valence-electron chi connectivity index (χ3n) is 3.23. The minimum atomic E-state index is -0.467. The van der Waals surface area contributed by atoms with Crippen LogP contribution in [0.5, 0.6) is 0 Å². The first-order valence-corrected chi connectivity index (χ1v) is 6.04. The molecule has 0 bridgehead atoms. The van der Waals surface area contributed by atoms with Crippen LogP contribution in [0, 0.1) is 0 Å². The van der Waals surface area contributed by atoms with Crippen molar-refractivity contribution in [3.05, 3.63) is 18.1 Å². The van der Waals surface area contributed by atoms with Gasteiger partial charge in [-0.15, -0.1) is 0 Å². The van der Waals surface area contributed by atoms with E-state index >= 15 is 0 Å². The maximum absolute atomic E-state index is 11.4. The second-order valence-corrected chi connectivity index (χ2v) is 4.58. The van der Waals surface area contributed by atoms with Gasteiger partial charge in [0.05, 0.1) is 19.5 Å². The fourth-order valence-corrected chi connectivity index (χ4v) is 2.25. The van der Waals surface area contributed by atoms with E-state index in [0.29, 0.717) is 11.9 Å². The summed E-state index contributed by atoms with van der Waals surface area (Å²) < 4.78 is 4.64. The van der Waals surface area contributed by atoms with Crippen LogP contribution in [-0.2, 0) is 4.74 Å². The normalized spacial score (nSPS) is 23.8. The Hall–Kier alpha value is -1.69. The minimum absolute atomic E-state index is 0.233. The Kier molecular flexibility index (Phi) is 3.76. The van der Waals surface area contributed by atoms with Crippen molar-refractivity contribution in [2.45, 2.75) is 31.8 Å². The number of nitrogens with two attached hydrogens (primary N) is 1. The molecule has 0 spiro atoms. The number of hydrogen-bond acceptors (Lipinski definition) is 6. The Morgan fingerprint density at radius 3 is 3.00 bits per heavy atom. The first kappa shape index (κ1) is 12.8. The van der Waals surface area contributed by atoms with E-state index in [1.807, 2.05) is 0 Å². The van der Waals surface area contributed by atoms with Crippen molar-refractivity contribution in [1.82, 2.24) is 9.97 Å². The van der Waals surface area contributed by atoms with Crippen molar-refractivity contribution in [3.63, 3.8) is 0 Å². The maximum atomic E-state index is 11.4. The second-order valence-electron chi connectivity index (χ2n) is 4.58. The summed E-state index contributed by atoms with van der Waals surface area (Å²) >= 11 is 0. The van der Waals surface area contributed by atoms with Crippen molar-refractivity contribution in [2.24, 2.45) is 5.73 Å². The van der Waals surface area contributed by atoms with E-state index in [9.17, 15) is 4.79 Å². The van der Waals surface area contributed by atoms with Crippen LogP contribution in [0.1, 0.15) is 30.3 Å². The number of hydrogen-bond donors (Lipinski definition) is 1. The average Bonchev–Trinajstić information content (AvgIpc) is 2.38. The zero-order chi connectivity index (χ0) is 13.1. The molecule has 2 N–H and O–H groups in total. The van der Waals surface area contributed by atoms with Crippen molar-refractivity contribution in [3.8, 4) is 0 Å². The third-order valence-corrected chi connectivity index (χ3v) is 3.23. The van der Waals surface area contributed by atoms with E-state index < -0.39 is 5.97 Å². The van der Waals surface area contributed by atoms with Gasteiger partial charge in [0.15, 0.2) is 5.69 Å². The summed E-state index contributed by atoms with van der Waals surface area (Å²) in [5.74, 6) is 0.239. The number of anilines is 1. The smallest absolute Gasteiger partial charge is 0.358 e. The molecule has 1 fully saturated rings. The molecule has 0 radical (unpaired) electrons. The zero-order valence-corrected chi connectivity index (χ0v) is 10.7. The molecule has 1 aromatic heterocycles. The summed E-state index contributed by atoms with van der Waals surface area (Å²) in [7, 11) is 1.33. The molecule has 1 aromatic rings. The van der Waals surface area contributed by atoms with Crippen molar-refractivity contribution >= 4 is 11.8 Å².